The normalized spacial score (nSPS) is 8.00. The van der Waals surface area contributed by atoms with Gasteiger partial charge in [0.25, 0.3) is 0 Å². The molecule has 0 radical (unpaired) electrons. The van der Waals surface area contributed by atoms with Gasteiger partial charge >= 0.3 is 10.6 Å². The Morgan fingerprint density at radius 2 is 1.14 bits per heavy atom. The molecular weight excluding hydrogens is 216 g/mol. The lowest BCUT2D eigenvalue weighted by Gasteiger charge is -1.58. The summed E-state index contributed by atoms with van der Waals surface area (Å²) in [5, 5.41) is 11.1. The SMILES string of the molecule is N=NC=NN.N=NC=NN.O=S(=O)=O. The lowest BCUT2D eigenvalue weighted by atomic mass is 11.4. The zero-order chi connectivity index (χ0) is 11.8. The molecule has 0 aromatic carbocycles. The molecule has 0 bridgehead atoms. The molecule has 0 saturated heterocycles. The summed E-state index contributed by atoms with van der Waals surface area (Å²) in [6, 6.07) is 0. The van der Waals surface area contributed by atoms with E-state index in [2.05, 4.69) is 32.1 Å². The fourth-order valence-corrected chi connectivity index (χ4v) is 0.0667. The molecule has 0 unspecified atom stereocenters. The first-order chi connectivity index (χ1) is 6.56. The van der Waals surface area contributed by atoms with Crippen LogP contribution in [0.4, 0.5) is 0 Å². The van der Waals surface area contributed by atoms with Gasteiger partial charge in [0.15, 0.2) is 12.7 Å². The van der Waals surface area contributed by atoms with E-state index in [1.165, 1.54) is 0 Å². The van der Waals surface area contributed by atoms with Crippen LogP contribution >= 0.6 is 0 Å². The average Bonchev–Trinajstić information content (AvgIpc) is 2.07. The molecule has 6 N–H and O–H groups in total. The van der Waals surface area contributed by atoms with E-state index in [0.29, 0.717) is 0 Å². The van der Waals surface area contributed by atoms with Crippen molar-refractivity contribution in [2.45, 2.75) is 0 Å². The minimum atomic E-state index is -3.11. The fraction of sp³-hybridized carbons (Fsp3) is 0. The molecule has 0 aliphatic carbocycles. The summed E-state index contributed by atoms with van der Waals surface area (Å²) in [4.78, 5) is 0. The highest BCUT2D eigenvalue weighted by Gasteiger charge is 1.44. The van der Waals surface area contributed by atoms with Crippen LogP contribution in [0.1, 0.15) is 0 Å². The number of nitrogens with one attached hydrogen (secondary N) is 2. The van der Waals surface area contributed by atoms with Crippen molar-refractivity contribution in [3.8, 4) is 0 Å². The third-order valence-electron chi connectivity index (χ3n) is 0.249. The molecular formula is C2H8N8O3S. The molecule has 0 aromatic rings. The second-order valence-electron chi connectivity index (χ2n) is 0.991. The molecule has 11 nitrogen and oxygen atoms in total. The molecule has 12 heteroatoms. The Labute approximate surface area is 79.9 Å². The monoisotopic (exact) mass is 224 g/mol. The van der Waals surface area contributed by atoms with Crippen LogP contribution in [0.25, 0.3) is 0 Å². The van der Waals surface area contributed by atoms with Crippen molar-refractivity contribution in [3.05, 3.63) is 0 Å². The largest absolute Gasteiger partial charge is 0.425 e. The van der Waals surface area contributed by atoms with E-state index in [-0.39, 0.29) is 0 Å². The zero-order valence-corrected chi connectivity index (χ0v) is 7.55. The summed E-state index contributed by atoms with van der Waals surface area (Å²) < 4.78 is 25.3. The molecule has 0 aliphatic heterocycles. The highest BCUT2D eigenvalue weighted by atomic mass is 32.2. The number of nitrogens with zero attached hydrogens (tertiary/aromatic N) is 4. The van der Waals surface area contributed by atoms with E-state index in [0.717, 1.165) is 12.7 Å². The van der Waals surface area contributed by atoms with Gasteiger partial charge in [-0.15, -0.1) is 22.9 Å². The lowest BCUT2D eigenvalue weighted by Crippen LogP contribution is -1.75. The molecule has 80 valence electrons. The number of rotatable bonds is 2. The summed E-state index contributed by atoms with van der Waals surface area (Å²) in [7, 11) is -3.11. The van der Waals surface area contributed by atoms with Crippen LogP contribution in [0.15, 0.2) is 20.4 Å². The first kappa shape index (κ1) is 17.7. The van der Waals surface area contributed by atoms with Gasteiger partial charge in [-0.2, -0.15) is 10.2 Å². The van der Waals surface area contributed by atoms with Crippen molar-refractivity contribution in [1.29, 1.82) is 11.1 Å². The molecule has 0 amide bonds. The van der Waals surface area contributed by atoms with Gasteiger partial charge < -0.3 is 11.7 Å². The van der Waals surface area contributed by atoms with Crippen LogP contribution in [-0.4, -0.2) is 25.3 Å². The minimum absolute atomic E-state index is 0.944. The maximum atomic E-state index is 8.44. The highest BCUT2D eigenvalue weighted by Crippen LogP contribution is 1.45. The van der Waals surface area contributed by atoms with Crippen molar-refractivity contribution in [2.24, 2.45) is 32.1 Å². The Balaban J connectivity index is -0.000000131. The summed E-state index contributed by atoms with van der Waals surface area (Å²) >= 11 is 0. The van der Waals surface area contributed by atoms with Crippen LogP contribution in [0.5, 0.6) is 0 Å². The van der Waals surface area contributed by atoms with Gasteiger partial charge in [0.2, 0.25) is 0 Å². The van der Waals surface area contributed by atoms with Crippen molar-refractivity contribution in [3.63, 3.8) is 0 Å². The molecule has 0 rings (SSSR count). The second kappa shape index (κ2) is 22.4. The molecule has 0 heterocycles. The van der Waals surface area contributed by atoms with Gasteiger partial charge in [-0.25, -0.2) is 11.1 Å². The number of nitrogens with two attached hydrogens (primary N) is 2. The van der Waals surface area contributed by atoms with E-state index in [9.17, 15) is 0 Å². The van der Waals surface area contributed by atoms with Crippen LogP contribution in [-0.2, 0) is 10.6 Å². The van der Waals surface area contributed by atoms with E-state index in [4.69, 9.17) is 23.7 Å². The Morgan fingerprint density at radius 1 is 0.929 bits per heavy atom. The van der Waals surface area contributed by atoms with E-state index in [1.807, 2.05) is 0 Å². The van der Waals surface area contributed by atoms with Crippen molar-refractivity contribution >= 4 is 23.3 Å². The molecule has 0 saturated carbocycles. The van der Waals surface area contributed by atoms with Crippen molar-refractivity contribution < 1.29 is 12.6 Å². The van der Waals surface area contributed by atoms with E-state index < -0.39 is 10.6 Å². The standard InChI is InChI=1S/2CH4N4.O3S/c2*2-4-1-5-3;1-4(2)3/h2*1-2H,3H2;. The molecule has 0 atom stereocenters. The number of hydrogen-bond donors (Lipinski definition) is 4. The third kappa shape index (κ3) is 242. The van der Waals surface area contributed by atoms with Gasteiger partial charge in [-0.1, -0.05) is 0 Å². The van der Waals surface area contributed by atoms with Crippen LogP contribution in [0.2, 0.25) is 0 Å². The molecule has 14 heavy (non-hydrogen) atoms. The molecule has 0 aromatic heterocycles. The predicted molar refractivity (Wildman–Crippen MR) is 45.4 cm³/mol. The van der Waals surface area contributed by atoms with Gasteiger partial charge in [-0.05, 0) is 0 Å². The van der Waals surface area contributed by atoms with E-state index >= 15 is 0 Å². The third-order valence-corrected chi connectivity index (χ3v) is 0.249. The van der Waals surface area contributed by atoms with Gasteiger partial charge in [0.1, 0.15) is 0 Å². The Hall–Kier alpha value is -2.24. The van der Waals surface area contributed by atoms with E-state index in [1.54, 1.807) is 0 Å². The maximum Gasteiger partial charge on any atom is 0.425 e. The number of hydrogen-bond acceptors (Lipinski definition) is 9. The van der Waals surface area contributed by atoms with Gasteiger partial charge in [0, 0.05) is 0 Å². The molecule has 0 spiro atoms. The van der Waals surface area contributed by atoms with Gasteiger partial charge in [0.05, 0.1) is 0 Å². The summed E-state index contributed by atoms with van der Waals surface area (Å²) in [5.74, 6) is 8.99. The van der Waals surface area contributed by atoms with Crippen molar-refractivity contribution in [2.75, 3.05) is 0 Å². The molecule has 0 aliphatic rings. The first-order valence-electron chi connectivity index (χ1n) is 2.50. The summed E-state index contributed by atoms with van der Waals surface area (Å²) in [5.41, 5.74) is 12.0. The zero-order valence-electron chi connectivity index (χ0n) is 6.73. The van der Waals surface area contributed by atoms with Crippen LogP contribution in [0, 0.1) is 11.1 Å². The number of hydrazone groups is 2. The molecule has 0 fully saturated rings. The quantitative estimate of drug-likeness (QED) is 0.150. The highest BCUT2D eigenvalue weighted by molar-refractivity contribution is 7.59. The minimum Gasteiger partial charge on any atom is -0.322 e. The second-order valence-corrected chi connectivity index (χ2v) is 1.40. The summed E-state index contributed by atoms with van der Waals surface area (Å²) in [6.45, 7) is 0. The Kier molecular flexibility index (Phi) is 28.4. The smallest absolute Gasteiger partial charge is 0.322 e. The van der Waals surface area contributed by atoms with Crippen molar-refractivity contribution in [1.82, 2.24) is 0 Å². The Morgan fingerprint density at radius 3 is 1.14 bits per heavy atom. The first-order valence-corrected chi connectivity index (χ1v) is 3.50. The average molecular weight is 224 g/mol. The predicted octanol–water partition coefficient (Wildman–Crippen LogP) is -1.17. The fourth-order valence-electron chi connectivity index (χ4n) is 0.0667. The van der Waals surface area contributed by atoms with Gasteiger partial charge in [-0.3, -0.25) is 0 Å². The Bertz CT molecular complexity index is 254. The van der Waals surface area contributed by atoms with Crippen LogP contribution < -0.4 is 11.7 Å². The topological polar surface area (TPSA) is 200 Å². The maximum absolute atomic E-state index is 8.44. The van der Waals surface area contributed by atoms with Crippen LogP contribution in [0.3, 0.4) is 0 Å². The lowest BCUT2D eigenvalue weighted by molar-refractivity contribution is 0.559. The summed E-state index contributed by atoms with van der Waals surface area (Å²) in [6.07, 6.45) is 1.89.